The molecule has 0 fully saturated rings. The quantitative estimate of drug-likeness (QED) is 0.688. The molecular formula is C14H10N4OS. The average molecular weight is 282 g/mol. The van der Waals surface area contributed by atoms with Gasteiger partial charge in [0.1, 0.15) is 10.4 Å². The Hall–Kier alpha value is -2.47. The fourth-order valence-electron chi connectivity index (χ4n) is 2.34. The predicted octanol–water partition coefficient (Wildman–Crippen LogP) is 3.02. The summed E-state index contributed by atoms with van der Waals surface area (Å²) in [4.78, 5) is 23.6. The number of anilines is 3. The minimum absolute atomic E-state index is 0.0396. The van der Waals surface area contributed by atoms with Crippen molar-refractivity contribution in [3.05, 3.63) is 41.5 Å². The number of rotatable bonds is 0. The Kier molecular flexibility index (Phi) is 2.28. The summed E-state index contributed by atoms with van der Waals surface area (Å²) in [7, 11) is 1.76. The lowest BCUT2D eigenvalue weighted by molar-refractivity contribution is 0.0998. The molecule has 1 aliphatic rings. The van der Waals surface area contributed by atoms with Gasteiger partial charge in [0.15, 0.2) is 5.82 Å². The fraction of sp³-hybridized carbons (Fsp3) is 0.0714. The normalized spacial score (nSPS) is 13.7. The van der Waals surface area contributed by atoms with Crippen LogP contribution in [0.15, 0.2) is 36.7 Å². The maximum Gasteiger partial charge on any atom is 0.270 e. The number of aromatic nitrogens is 2. The van der Waals surface area contributed by atoms with Gasteiger partial charge in [0.25, 0.3) is 5.91 Å². The summed E-state index contributed by atoms with van der Waals surface area (Å²) in [6.45, 7) is 0. The summed E-state index contributed by atoms with van der Waals surface area (Å²) in [6, 6.07) is 7.54. The highest BCUT2D eigenvalue weighted by Crippen LogP contribution is 2.41. The molecule has 98 valence electrons. The smallest absolute Gasteiger partial charge is 0.270 e. The van der Waals surface area contributed by atoms with Gasteiger partial charge in [0.2, 0.25) is 0 Å². The number of amides is 1. The molecule has 0 aliphatic carbocycles. The lowest BCUT2D eigenvalue weighted by Gasteiger charge is -2.15. The largest absolute Gasteiger partial charge is 0.335 e. The lowest BCUT2D eigenvalue weighted by Crippen LogP contribution is -2.24. The number of nitrogens with zero attached hydrogens (tertiary/aromatic N) is 3. The average Bonchev–Trinajstić information content (AvgIpc) is 2.81. The van der Waals surface area contributed by atoms with Crippen LogP contribution >= 0.6 is 11.3 Å². The van der Waals surface area contributed by atoms with Crippen LogP contribution in [0.25, 0.3) is 10.2 Å². The second kappa shape index (κ2) is 4.01. The van der Waals surface area contributed by atoms with E-state index in [1.807, 2.05) is 24.3 Å². The molecule has 20 heavy (non-hydrogen) atoms. The van der Waals surface area contributed by atoms with Crippen LogP contribution in [0.4, 0.5) is 17.2 Å². The zero-order chi connectivity index (χ0) is 13.7. The SMILES string of the molecule is CN1C(=O)c2sc3cccnc3c2Nc2ncccc21. The monoisotopic (exact) mass is 282 g/mol. The maximum absolute atomic E-state index is 12.6. The van der Waals surface area contributed by atoms with Crippen LogP contribution in [-0.2, 0) is 0 Å². The Morgan fingerprint density at radius 1 is 1.20 bits per heavy atom. The maximum atomic E-state index is 12.6. The summed E-state index contributed by atoms with van der Waals surface area (Å²) in [6.07, 6.45) is 3.44. The molecule has 0 saturated heterocycles. The first kappa shape index (κ1) is 11.4. The van der Waals surface area contributed by atoms with E-state index in [0.29, 0.717) is 10.7 Å². The van der Waals surface area contributed by atoms with Crippen LogP contribution in [-0.4, -0.2) is 22.9 Å². The summed E-state index contributed by atoms with van der Waals surface area (Å²) in [5.74, 6) is 0.634. The Labute approximate surface area is 118 Å². The molecule has 3 aromatic heterocycles. The third-order valence-electron chi connectivity index (χ3n) is 3.34. The van der Waals surface area contributed by atoms with Crippen LogP contribution in [0.3, 0.4) is 0 Å². The predicted molar refractivity (Wildman–Crippen MR) is 79.9 cm³/mol. The number of carbonyl (C=O) groups excluding carboxylic acids is 1. The number of hydrogen-bond acceptors (Lipinski definition) is 5. The molecule has 5 nitrogen and oxygen atoms in total. The zero-order valence-corrected chi connectivity index (χ0v) is 11.4. The highest BCUT2D eigenvalue weighted by Gasteiger charge is 2.28. The second-order valence-corrected chi connectivity index (χ2v) is 5.57. The van der Waals surface area contributed by atoms with Crippen molar-refractivity contribution < 1.29 is 4.79 Å². The van der Waals surface area contributed by atoms with E-state index in [1.54, 1.807) is 24.3 Å². The van der Waals surface area contributed by atoms with E-state index in [0.717, 1.165) is 21.6 Å². The lowest BCUT2D eigenvalue weighted by atomic mass is 10.3. The van der Waals surface area contributed by atoms with Gasteiger partial charge in [-0.1, -0.05) is 0 Å². The van der Waals surface area contributed by atoms with Crippen molar-refractivity contribution in [2.75, 3.05) is 17.3 Å². The molecule has 1 amide bonds. The minimum Gasteiger partial charge on any atom is -0.335 e. The fourth-order valence-corrected chi connectivity index (χ4v) is 3.43. The Balaban J connectivity index is 2.04. The first-order valence-corrected chi connectivity index (χ1v) is 6.95. The number of fused-ring (bicyclic) bond motifs is 4. The summed E-state index contributed by atoms with van der Waals surface area (Å²) in [5, 5.41) is 3.26. The van der Waals surface area contributed by atoms with Gasteiger partial charge in [-0.25, -0.2) is 4.98 Å². The van der Waals surface area contributed by atoms with Crippen LogP contribution in [0.5, 0.6) is 0 Å². The molecule has 1 N–H and O–H groups in total. The summed E-state index contributed by atoms with van der Waals surface area (Å²) >= 11 is 1.45. The number of pyridine rings is 2. The van der Waals surface area contributed by atoms with Gasteiger partial charge in [-0.2, -0.15) is 0 Å². The van der Waals surface area contributed by atoms with E-state index in [1.165, 1.54) is 11.3 Å². The van der Waals surface area contributed by atoms with Crippen LogP contribution in [0.1, 0.15) is 9.67 Å². The molecule has 4 heterocycles. The van der Waals surface area contributed by atoms with Gasteiger partial charge < -0.3 is 10.2 Å². The van der Waals surface area contributed by atoms with Gasteiger partial charge in [-0.3, -0.25) is 9.78 Å². The van der Waals surface area contributed by atoms with Crippen LogP contribution in [0, 0.1) is 0 Å². The van der Waals surface area contributed by atoms with Crippen molar-refractivity contribution in [2.45, 2.75) is 0 Å². The molecule has 0 bridgehead atoms. The van der Waals surface area contributed by atoms with Crippen molar-refractivity contribution in [2.24, 2.45) is 0 Å². The second-order valence-electron chi connectivity index (χ2n) is 4.52. The van der Waals surface area contributed by atoms with E-state index in [9.17, 15) is 4.79 Å². The highest BCUT2D eigenvalue weighted by atomic mass is 32.1. The van der Waals surface area contributed by atoms with Gasteiger partial charge in [0.05, 0.1) is 16.1 Å². The summed E-state index contributed by atoms with van der Waals surface area (Å²) < 4.78 is 0.992. The van der Waals surface area contributed by atoms with Crippen molar-refractivity contribution in [3.63, 3.8) is 0 Å². The number of hydrogen-bond donors (Lipinski definition) is 1. The van der Waals surface area contributed by atoms with Crippen molar-refractivity contribution in [1.29, 1.82) is 0 Å². The van der Waals surface area contributed by atoms with Gasteiger partial charge in [-0.05, 0) is 24.3 Å². The van der Waals surface area contributed by atoms with Crippen molar-refractivity contribution in [1.82, 2.24) is 9.97 Å². The van der Waals surface area contributed by atoms with E-state index in [2.05, 4.69) is 15.3 Å². The van der Waals surface area contributed by atoms with E-state index in [4.69, 9.17) is 0 Å². The molecule has 4 rings (SSSR count). The Morgan fingerprint density at radius 3 is 2.90 bits per heavy atom. The van der Waals surface area contributed by atoms with E-state index >= 15 is 0 Å². The molecule has 6 heteroatoms. The molecule has 0 radical (unpaired) electrons. The minimum atomic E-state index is -0.0396. The molecule has 0 spiro atoms. The summed E-state index contributed by atoms with van der Waals surface area (Å²) in [5.41, 5.74) is 2.33. The molecule has 0 aromatic carbocycles. The molecule has 0 atom stereocenters. The standard InChI is InChI=1S/C14H10N4OS/c1-18-8-4-2-7-16-13(8)17-11-10-9(5-3-6-15-10)20-12(11)14(18)19/h2-7H,1H3,(H,16,17). The molecule has 0 saturated carbocycles. The highest BCUT2D eigenvalue weighted by molar-refractivity contribution is 7.21. The van der Waals surface area contributed by atoms with Gasteiger partial charge >= 0.3 is 0 Å². The number of thiophene rings is 1. The van der Waals surface area contributed by atoms with Gasteiger partial charge in [0, 0.05) is 19.4 Å². The Bertz CT molecular complexity index is 842. The van der Waals surface area contributed by atoms with E-state index < -0.39 is 0 Å². The first-order valence-electron chi connectivity index (χ1n) is 6.13. The topological polar surface area (TPSA) is 58.1 Å². The zero-order valence-electron chi connectivity index (χ0n) is 10.6. The van der Waals surface area contributed by atoms with E-state index in [-0.39, 0.29) is 5.91 Å². The third kappa shape index (κ3) is 1.45. The number of nitrogens with one attached hydrogen (secondary N) is 1. The van der Waals surface area contributed by atoms with Crippen LogP contribution < -0.4 is 10.2 Å². The third-order valence-corrected chi connectivity index (χ3v) is 4.47. The van der Waals surface area contributed by atoms with Crippen molar-refractivity contribution in [3.8, 4) is 0 Å². The van der Waals surface area contributed by atoms with Crippen LogP contribution in [0.2, 0.25) is 0 Å². The Morgan fingerprint density at radius 2 is 2.00 bits per heavy atom. The van der Waals surface area contributed by atoms with Crippen molar-refractivity contribution >= 4 is 44.7 Å². The molecule has 3 aromatic rings. The first-order chi connectivity index (χ1) is 9.75. The molecule has 0 unspecified atom stereocenters. The number of carbonyl (C=O) groups is 1. The molecular weight excluding hydrogens is 272 g/mol. The van der Waals surface area contributed by atoms with Gasteiger partial charge in [-0.15, -0.1) is 11.3 Å². The molecule has 1 aliphatic heterocycles.